The van der Waals surface area contributed by atoms with Crippen molar-refractivity contribution in [1.82, 2.24) is 0 Å². The molecule has 0 aromatic heterocycles. The van der Waals surface area contributed by atoms with E-state index in [0.717, 1.165) is 36.8 Å². The van der Waals surface area contributed by atoms with E-state index in [9.17, 15) is 16.8 Å². The van der Waals surface area contributed by atoms with E-state index in [0.29, 0.717) is 35.6 Å². The predicted octanol–water partition coefficient (Wildman–Crippen LogP) is 7.00. The molecule has 0 saturated carbocycles. The molecule has 0 unspecified atom stereocenters. The lowest BCUT2D eigenvalue weighted by Crippen LogP contribution is -2.14. The fourth-order valence-corrected chi connectivity index (χ4v) is 6.51. The lowest BCUT2D eigenvalue weighted by atomic mass is 10.2. The molecule has 0 fully saturated rings. The standard InChI is InChI=1S/C34H38N4O4S2/c1-27-15-19-31(20-16-27)43(39,40)37-33-13-7-5-11-29(33)25-35-23-9-3-4-10-24-36-26-30-12-6-8-14-34(30)38-44(41,42)32-21-17-28(2)18-22-32/h5-8,11-22,25-26,37-38H,3-4,9-10,23-24H2,1-2H3. The molecule has 44 heavy (non-hydrogen) atoms. The van der Waals surface area contributed by atoms with Gasteiger partial charge < -0.3 is 0 Å². The Labute approximate surface area is 261 Å². The largest absolute Gasteiger partial charge is 0.292 e. The maximum Gasteiger partial charge on any atom is 0.261 e. The highest BCUT2D eigenvalue weighted by atomic mass is 32.2. The zero-order valence-corrected chi connectivity index (χ0v) is 26.6. The van der Waals surface area contributed by atoms with E-state index in [-0.39, 0.29) is 9.79 Å². The molecule has 0 amide bonds. The number of aliphatic imine (C=N–C) groups is 2. The molecule has 0 bridgehead atoms. The second-order valence-corrected chi connectivity index (χ2v) is 13.9. The zero-order valence-electron chi connectivity index (χ0n) is 25.0. The van der Waals surface area contributed by atoms with Crippen molar-refractivity contribution in [2.45, 2.75) is 49.3 Å². The van der Waals surface area contributed by atoms with Crippen LogP contribution in [-0.2, 0) is 20.0 Å². The van der Waals surface area contributed by atoms with Gasteiger partial charge >= 0.3 is 0 Å². The summed E-state index contributed by atoms with van der Waals surface area (Å²) in [4.78, 5) is 9.45. The summed E-state index contributed by atoms with van der Waals surface area (Å²) in [6.07, 6.45) is 7.20. The number of hydrogen-bond acceptors (Lipinski definition) is 6. The van der Waals surface area contributed by atoms with Gasteiger partial charge in [-0.05, 0) is 63.1 Å². The molecule has 4 aromatic rings. The SMILES string of the molecule is Cc1ccc(S(=O)(=O)Nc2ccccc2C=NCCCCCCN=Cc2ccccc2NS(=O)(=O)c2ccc(C)cc2)cc1. The van der Waals surface area contributed by atoms with E-state index in [1.54, 1.807) is 85.2 Å². The summed E-state index contributed by atoms with van der Waals surface area (Å²) in [5, 5.41) is 0. The minimum atomic E-state index is -3.70. The third kappa shape index (κ3) is 9.62. The Bertz CT molecular complexity index is 1670. The first-order valence-corrected chi connectivity index (χ1v) is 17.5. The van der Waals surface area contributed by atoms with Gasteiger partial charge in [-0.2, -0.15) is 0 Å². The van der Waals surface area contributed by atoms with E-state index < -0.39 is 20.0 Å². The van der Waals surface area contributed by atoms with Crippen LogP contribution < -0.4 is 9.44 Å². The summed E-state index contributed by atoms with van der Waals surface area (Å²) in [7, 11) is -7.40. The average Bonchev–Trinajstić information content (AvgIpc) is 3.00. The molecule has 4 rings (SSSR count). The van der Waals surface area contributed by atoms with Crippen molar-refractivity contribution in [2.24, 2.45) is 9.98 Å². The maximum absolute atomic E-state index is 12.8. The van der Waals surface area contributed by atoms with Crippen LogP contribution in [0, 0.1) is 13.8 Å². The van der Waals surface area contributed by atoms with Crippen molar-refractivity contribution < 1.29 is 16.8 Å². The molecule has 0 atom stereocenters. The summed E-state index contributed by atoms with van der Waals surface area (Å²) in [5.74, 6) is 0. The Balaban J connectivity index is 1.20. The molecule has 2 N–H and O–H groups in total. The smallest absolute Gasteiger partial charge is 0.261 e. The number of hydrogen-bond donors (Lipinski definition) is 2. The van der Waals surface area contributed by atoms with Crippen molar-refractivity contribution in [2.75, 3.05) is 22.5 Å². The molecule has 0 aliphatic carbocycles. The van der Waals surface area contributed by atoms with Crippen LogP contribution in [0.2, 0.25) is 0 Å². The number of benzene rings is 4. The molecule has 10 heteroatoms. The van der Waals surface area contributed by atoms with Crippen LogP contribution in [0.5, 0.6) is 0 Å². The predicted molar refractivity (Wildman–Crippen MR) is 180 cm³/mol. The Morgan fingerprint density at radius 2 is 0.886 bits per heavy atom. The number of aryl methyl sites for hydroxylation is 2. The summed E-state index contributed by atoms with van der Waals surface area (Å²) in [6, 6.07) is 27.9. The molecule has 0 heterocycles. The van der Waals surface area contributed by atoms with Crippen LogP contribution in [0.4, 0.5) is 11.4 Å². The normalized spacial score (nSPS) is 12.1. The van der Waals surface area contributed by atoms with Crippen molar-refractivity contribution >= 4 is 43.9 Å². The molecule has 0 aliphatic heterocycles. The van der Waals surface area contributed by atoms with Gasteiger partial charge in [0.05, 0.1) is 21.2 Å². The Morgan fingerprint density at radius 1 is 0.523 bits per heavy atom. The van der Waals surface area contributed by atoms with Crippen LogP contribution in [-0.4, -0.2) is 42.4 Å². The molecule has 4 aromatic carbocycles. The third-order valence-electron chi connectivity index (χ3n) is 6.86. The van der Waals surface area contributed by atoms with Gasteiger partial charge in [-0.3, -0.25) is 19.4 Å². The number of nitrogens with one attached hydrogen (secondary N) is 2. The number of nitrogens with zero attached hydrogens (tertiary/aromatic N) is 2. The molecule has 0 radical (unpaired) electrons. The minimum Gasteiger partial charge on any atom is -0.292 e. The molecule has 0 spiro atoms. The number of rotatable bonds is 15. The Kier molecular flexibility index (Phi) is 11.5. The van der Waals surface area contributed by atoms with Crippen molar-refractivity contribution in [3.05, 3.63) is 119 Å². The van der Waals surface area contributed by atoms with Gasteiger partial charge in [0.25, 0.3) is 20.0 Å². The van der Waals surface area contributed by atoms with Gasteiger partial charge in [0.2, 0.25) is 0 Å². The fraction of sp³-hybridized carbons (Fsp3) is 0.235. The number of para-hydroxylation sites is 2. The van der Waals surface area contributed by atoms with Gasteiger partial charge in [0, 0.05) is 36.6 Å². The van der Waals surface area contributed by atoms with Gasteiger partial charge in [0.1, 0.15) is 0 Å². The van der Waals surface area contributed by atoms with Crippen LogP contribution in [0.3, 0.4) is 0 Å². The van der Waals surface area contributed by atoms with Crippen molar-refractivity contribution in [3.63, 3.8) is 0 Å². The van der Waals surface area contributed by atoms with Gasteiger partial charge in [-0.15, -0.1) is 0 Å². The van der Waals surface area contributed by atoms with Crippen LogP contribution in [0.25, 0.3) is 0 Å². The minimum absolute atomic E-state index is 0.214. The summed E-state index contributed by atoms with van der Waals surface area (Å²) >= 11 is 0. The summed E-state index contributed by atoms with van der Waals surface area (Å²) in [5.41, 5.74) is 4.37. The number of anilines is 2. The van der Waals surface area contributed by atoms with E-state index in [4.69, 9.17) is 0 Å². The van der Waals surface area contributed by atoms with E-state index >= 15 is 0 Å². The fourth-order valence-electron chi connectivity index (χ4n) is 4.33. The van der Waals surface area contributed by atoms with E-state index in [1.165, 1.54) is 0 Å². The average molecular weight is 631 g/mol. The molecule has 0 aliphatic rings. The van der Waals surface area contributed by atoms with Crippen molar-refractivity contribution in [3.8, 4) is 0 Å². The quantitative estimate of drug-likeness (QED) is 0.109. The second-order valence-electron chi connectivity index (χ2n) is 10.5. The maximum atomic E-state index is 12.8. The highest BCUT2D eigenvalue weighted by Gasteiger charge is 2.16. The summed E-state index contributed by atoms with van der Waals surface area (Å²) < 4.78 is 56.6. The highest BCUT2D eigenvalue weighted by Crippen LogP contribution is 2.21. The third-order valence-corrected chi connectivity index (χ3v) is 9.62. The first-order chi connectivity index (χ1) is 21.1. The molecular formula is C34H38N4O4S2. The van der Waals surface area contributed by atoms with Gasteiger partial charge in [-0.1, -0.05) is 84.6 Å². The van der Waals surface area contributed by atoms with Crippen LogP contribution >= 0.6 is 0 Å². The Morgan fingerprint density at radius 3 is 1.27 bits per heavy atom. The van der Waals surface area contributed by atoms with Crippen molar-refractivity contribution in [1.29, 1.82) is 0 Å². The molecular weight excluding hydrogens is 593 g/mol. The topological polar surface area (TPSA) is 117 Å². The van der Waals surface area contributed by atoms with Crippen LogP contribution in [0.1, 0.15) is 47.9 Å². The highest BCUT2D eigenvalue weighted by molar-refractivity contribution is 7.93. The molecule has 230 valence electrons. The summed E-state index contributed by atoms with van der Waals surface area (Å²) in [6.45, 7) is 5.09. The first kappa shape index (κ1) is 32.6. The zero-order chi connectivity index (χ0) is 31.4. The molecule has 0 saturated heterocycles. The van der Waals surface area contributed by atoms with Gasteiger partial charge in [-0.25, -0.2) is 16.8 Å². The number of unbranched alkanes of at least 4 members (excludes halogenated alkanes) is 3. The lowest BCUT2D eigenvalue weighted by Gasteiger charge is -2.11. The van der Waals surface area contributed by atoms with E-state index in [1.807, 2.05) is 38.1 Å². The second kappa shape index (κ2) is 15.4. The lowest BCUT2D eigenvalue weighted by molar-refractivity contribution is 0.599. The molecule has 8 nitrogen and oxygen atoms in total. The Hall–Kier alpha value is -4.28. The number of sulfonamides is 2. The first-order valence-electron chi connectivity index (χ1n) is 14.5. The van der Waals surface area contributed by atoms with Crippen LogP contribution in [0.15, 0.2) is 117 Å². The van der Waals surface area contributed by atoms with E-state index in [2.05, 4.69) is 19.4 Å². The van der Waals surface area contributed by atoms with Gasteiger partial charge in [0.15, 0.2) is 0 Å². The monoisotopic (exact) mass is 630 g/mol.